The van der Waals surface area contributed by atoms with Crippen LogP contribution in [-0.4, -0.2) is 134 Å². The molecule has 2 fully saturated rings. The molecule has 0 aliphatic carbocycles. The Morgan fingerprint density at radius 3 is 2.09 bits per heavy atom. The summed E-state index contributed by atoms with van der Waals surface area (Å²) >= 11 is 0. The maximum atomic E-state index is 13.8. The number of likely N-dealkylation sites (N-methyl/N-ethyl adjacent to an activating group) is 2. The fourth-order valence-electron chi connectivity index (χ4n) is 7.48. The van der Waals surface area contributed by atoms with Gasteiger partial charge in [0, 0.05) is 30.5 Å². The number of nitrogens with zero attached hydrogens (tertiary/aromatic N) is 2. The maximum absolute atomic E-state index is 13.8. The molecule has 0 bridgehead atoms. The molecule has 0 aromatic carbocycles. The van der Waals surface area contributed by atoms with E-state index < -0.39 is 77.5 Å². The largest absolute Gasteiger partial charge is 0.459 e. The van der Waals surface area contributed by atoms with Crippen LogP contribution in [0.2, 0.25) is 0 Å². The number of carbonyl (C=O) groups is 1. The third-order valence-electron chi connectivity index (χ3n) is 10.6. The van der Waals surface area contributed by atoms with Crippen LogP contribution in [0.4, 0.5) is 0 Å². The van der Waals surface area contributed by atoms with Gasteiger partial charge < -0.3 is 39.7 Å². The highest BCUT2D eigenvalue weighted by atomic mass is 16.7. The lowest BCUT2D eigenvalue weighted by Crippen LogP contribution is -2.64. The Kier molecular flexibility index (Phi) is 13.7. The normalized spacial score (nSPS) is 45.4. The maximum Gasteiger partial charge on any atom is 0.311 e. The number of cyclic esters (lactones) is 1. The molecule has 11 nitrogen and oxygen atoms in total. The Morgan fingerprint density at radius 1 is 1.00 bits per heavy atom. The number of aliphatic hydroxyl groups is 5. The Bertz CT molecular complexity index is 910. The number of hydrogen-bond acceptors (Lipinski definition) is 11. The van der Waals surface area contributed by atoms with Crippen molar-refractivity contribution >= 4 is 5.97 Å². The van der Waals surface area contributed by atoms with Crippen LogP contribution >= 0.6 is 0 Å². The first-order valence-electron chi connectivity index (χ1n) is 16.6. The Morgan fingerprint density at radius 2 is 1.57 bits per heavy atom. The van der Waals surface area contributed by atoms with E-state index in [1.54, 1.807) is 34.6 Å². The van der Waals surface area contributed by atoms with Crippen molar-refractivity contribution < 1.29 is 44.5 Å². The average Bonchev–Trinajstić information content (AvgIpc) is 2.94. The number of aliphatic hydroxyl groups excluding tert-OH is 3. The molecule has 0 aromatic heterocycles. The molecule has 2 heterocycles. The summed E-state index contributed by atoms with van der Waals surface area (Å²) < 4.78 is 18.5. The number of esters is 1. The summed E-state index contributed by atoms with van der Waals surface area (Å²) in [5.41, 5.74) is -4.24. The summed E-state index contributed by atoms with van der Waals surface area (Å²) in [6.07, 6.45) is -5.74. The van der Waals surface area contributed by atoms with E-state index in [1.165, 1.54) is 6.92 Å². The second-order valence-corrected chi connectivity index (χ2v) is 14.6. The van der Waals surface area contributed by atoms with Gasteiger partial charge in [-0.05, 0) is 80.4 Å². The monoisotopic (exact) mass is 632 g/mol. The Labute approximate surface area is 265 Å². The van der Waals surface area contributed by atoms with Crippen LogP contribution in [0, 0.1) is 17.8 Å². The van der Waals surface area contributed by atoms with E-state index >= 15 is 0 Å². The summed E-state index contributed by atoms with van der Waals surface area (Å²) in [5.74, 6) is -2.43. The van der Waals surface area contributed by atoms with Gasteiger partial charge >= 0.3 is 5.97 Å². The lowest BCUT2D eigenvalue weighted by Gasteiger charge is -2.48. The zero-order chi connectivity index (χ0) is 33.9. The molecule has 2 unspecified atom stereocenters. The van der Waals surface area contributed by atoms with Crippen LogP contribution in [0.25, 0.3) is 0 Å². The summed E-state index contributed by atoms with van der Waals surface area (Å²) in [4.78, 5) is 17.9. The van der Waals surface area contributed by atoms with Gasteiger partial charge in [-0.15, -0.1) is 0 Å². The molecule has 260 valence electrons. The summed E-state index contributed by atoms with van der Waals surface area (Å²) in [7, 11) is 1.84. The van der Waals surface area contributed by atoms with Crippen LogP contribution in [0.1, 0.15) is 95.4 Å². The number of hydrogen-bond donors (Lipinski definition) is 5. The molecule has 0 spiro atoms. The van der Waals surface area contributed by atoms with Crippen LogP contribution in [0.5, 0.6) is 0 Å². The molecule has 0 radical (unpaired) electrons. The Balaban J connectivity index is 2.56. The molecule has 2 saturated heterocycles. The molecule has 0 amide bonds. The molecule has 2 rings (SSSR count). The summed E-state index contributed by atoms with van der Waals surface area (Å²) in [6.45, 7) is 21.6. The minimum atomic E-state index is -1.78. The van der Waals surface area contributed by atoms with Gasteiger partial charge in [0.25, 0.3) is 0 Å². The van der Waals surface area contributed by atoms with Gasteiger partial charge in [-0.1, -0.05) is 34.6 Å². The van der Waals surface area contributed by atoms with Crippen molar-refractivity contribution in [3.05, 3.63) is 0 Å². The lowest BCUT2D eigenvalue weighted by atomic mass is 9.77. The van der Waals surface area contributed by atoms with Gasteiger partial charge in [0.05, 0.1) is 35.9 Å². The fourth-order valence-corrected chi connectivity index (χ4v) is 7.48. The molecule has 13 atom stereocenters. The third-order valence-corrected chi connectivity index (χ3v) is 10.6. The van der Waals surface area contributed by atoms with Gasteiger partial charge in [0.1, 0.15) is 17.8 Å². The van der Waals surface area contributed by atoms with Crippen LogP contribution in [-0.2, 0) is 19.0 Å². The van der Waals surface area contributed by atoms with Crippen molar-refractivity contribution in [1.29, 1.82) is 0 Å². The standard InChI is InChI=1S/C33H64N2O9/c1-13-24-33(11,41)30(39)31(8,9)34(12)18-19(4)17-32(10,40)28(37)20(5)27(21(6)29(38)43-24)44-25-16-23(35(14-2)15-3)26(36)22(7)42-25/h19-28,30,36-37,39-41H,13-18H2,1-12H3/t19-,20+,21-,22?,23?,24-,25+,26-,27+,28-,30-,32-,33-/m1/s1. The molecule has 0 saturated carbocycles. The summed E-state index contributed by atoms with van der Waals surface area (Å²) in [6, 6.07) is -0.228. The highest BCUT2D eigenvalue weighted by Crippen LogP contribution is 2.37. The highest BCUT2D eigenvalue weighted by Gasteiger charge is 2.51. The Hall–Kier alpha value is -0.890. The van der Waals surface area contributed by atoms with Crippen molar-refractivity contribution in [3.8, 4) is 0 Å². The molecule has 2 aliphatic rings. The average molecular weight is 633 g/mol. The minimum Gasteiger partial charge on any atom is -0.459 e. The smallest absolute Gasteiger partial charge is 0.311 e. The molecule has 11 heteroatoms. The first kappa shape index (κ1) is 39.3. The summed E-state index contributed by atoms with van der Waals surface area (Å²) in [5, 5.41) is 57.3. The van der Waals surface area contributed by atoms with E-state index in [0.29, 0.717) is 13.0 Å². The van der Waals surface area contributed by atoms with Gasteiger partial charge in [-0.25, -0.2) is 0 Å². The predicted molar refractivity (Wildman–Crippen MR) is 169 cm³/mol. The van der Waals surface area contributed by atoms with Gasteiger partial charge in [-0.2, -0.15) is 0 Å². The zero-order valence-corrected chi connectivity index (χ0v) is 29.4. The van der Waals surface area contributed by atoms with Gasteiger partial charge in [0.15, 0.2) is 6.29 Å². The van der Waals surface area contributed by atoms with Gasteiger partial charge in [0.2, 0.25) is 0 Å². The number of carbonyl (C=O) groups excluding carboxylic acids is 1. The predicted octanol–water partition coefficient (Wildman–Crippen LogP) is 2.15. The molecule has 44 heavy (non-hydrogen) atoms. The minimum absolute atomic E-state index is 0.103. The zero-order valence-electron chi connectivity index (χ0n) is 29.4. The first-order valence-corrected chi connectivity index (χ1v) is 16.6. The molecule has 5 N–H and O–H groups in total. The van der Waals surface area contributed by atoms with E-state index in [4.69, 9.17) is 14.2 Å². The van der Waals surface area contributed by atoms with Crippen LogP contribution < -0.4 is 0 Å². The lowest BCUT2D eigenvalue weighted by molar-refractivity contribution is -0.270. The molecular formula is C33H64N2O9. The SMILES string of the molecule is CC[C@H]1OC(=O)[C@H](C)[C@@H](O[C@H]2CC(N(CC)CC)[C@H](O)C(C)O2)[C@H](C)[C@@H](O)[C@](C)(O)C[C@@H](C)CN(C)C(C)(C)[C@@H](O)[C@]1(C)O. The van der Waals surface area contributed by atoms with Crippen molar-refractivity contribution in [2.75, 3.05) is 26.7 Å². The topological polar surface area (TPSA) is 152 Å². The highest BCUT2D eigenvalue weighted by molar-refractivity contribution is 5.73. The second kappa shape index (κ2) is 15.3. The van der Waals surface area contributed by atoms with Crippen LogP contribution in [0.3, 0.4) is 0 Å². The second-order valence-electron chi connectivity index (χ2n) is 14.6. The number of ether oxygens (including phenoxy) is 3. The van der Waals surface area contributed by atoms with E-state index in [2.05, 4.69) is 4.90 Å². The van der Waals surface area contributed by atoms with Crippen molar-refractivity contribution in [2.24, 2.45) is 17.8 Å². The molecule has 0 aromatic rings. The van der Waals surface area contributed by atoms with E-state index in [9.17, 15) is 30.3 Å². The van der Waals surface area contributed by atoms with Crippen molar-refractivity contribution in [2.45, 2.75) is 161 Å². The number of rotatable bonds is 6. The fraction of sp³-hybridized carbons (Fsp3) is 0.970. The first-order chi connectivity index (χ1) is 20.2. The molecule has 2 aliphatic heterocycles. The molecular weight excluding hydrogens is 568 g/mol. The van der Waals surface area contributed by atoms with Crippen molar-refractivity contribution in [1.82, 2.24) is 9.80 Å². The van der Waals surface area contributed by atoms with Gasteiger partial charge in [-0.3, -0.25) is 14.6 Å². The van der Waals surface area contributed by atoms with E-state index in [-0.39, 0.29) is 24.8 Å². The van der Waals surface area contributed by atoms with Crippen LogP contribution in [0.15, 0.2) is 0 Å². The third kappa shape index (κ3) is 8.52. The van der Waals surface area contributed by atoms with Crippen molar-refractivity contribution in [3.63, 3.8) is 0 Å². The quantitative estimate of drug-likeness (QED) is 0.274. The van der Waals surface area contributed by atoms with E-state index in [1.807, 2.05) is 46.6 Å². The van der Waals surface area contributed by atoms with E-state index in [0.717, 1.165) is 13.1 Å².